The molecule has 1 N–H and O–H groups in total. The molecule has 1 amide bonds. The lowest BCUT2D eigenvalue weighted by molar-refractivity contribution is 0.0911. The number of rotatable bonds is 6. The maximum absolute atomic E-state index is 12.2. The molecule has 0 aliphatic heterocycles. The lowest BCUT2D eigenvalue weighted by Crippen LogP contribution is -2.43. The number of hydrogen-bond donors (Lipinski definition) is 1. The maximum atomic E-state index is 12.2. The zero-order chi connectivity index (χ0) is 14.5. The van der Waals surface area contributed by atoms with Gasteiger partial charge in [-0.1, -0.05) is 15.9 Å². The average molecular weight is 330 g/mol. The monoisotopic (exact) mass is 329 g/mol. The normalized spacial score (nSPS) is 11.0. The van der Waals surface area contributed by atoms with Crippen molar-refractivity contribution in [3.05, 3.63) is 23.8 Å². The molecule has 1 rings (SSSR count). The van der Waals surface area contributed by atoms with Crippen molar-refractivity contribution in [3.8, 4) is 11.5 Å². The molecule has 0 fully saturated rings. The second-order valence-electron chi connectivity index (χ2n) is 4.88. The van der Waals surface area contributed by atoms with Gasteiger partial charge in [0, 0.05) is 22.5 Å². The van der Waals surface area contributed by atoms with Crippen LogP contribution in [0.5, 0.6) is 11.5 Å². The topological polar surface area (TPSA) is 47.6 Å². The molecular formula is C14H20BrNO3. The molecule has 0 bridgehead atoms. The Bertz CT molecular complexity index is 424. The Morgan fingerprint density at radius 2 is 1.74 bits per heavy atom. The first-order valence-electron chi connectivity index (χ1n) is 6.03. The molecule has 5 heteroatoms. The van der Waals surface area contributed by atoms with E-state index in [9.17, 15) is 4.79 Å². The molecule has 1 aromatic rings. The number of benzene rings is 1. The molecule has 19 heavy (non-hydrogen) atoms. The predicted octanol–water partition coefficient (Wildman–Crippen LogP) is 3.00. The largest absolute Gasteiger partial charge is 0.497 e. The Labute approximate surface area is 122 Å². The van der Waals surface area contributed by atoms with Gasteiger partial charge in [-0.05, 0) is 32.4 Å². The van der Waals surface area contributed by atoms with E-state index < -0.39 is 0 Å². The number of ether oxygens (including phenoxy) is 2. The van der Waals surface area contributed by atoms with E-state index in [-0.39, 0.29) is 11.4 Å². The third-order valence-electron chi connectivity index (χ3n) is 2.79. The SMILES string of the molecule is COc1cc(OC)cc(C(=O)NC(C)(C)CCBr)c1. The highest BCUT2D eigenvalue weighted by Crippen LogP contribution is 2.23. The van der Waals surface area contributed by atoms with Crippen molar-refractivity contribution >= 4 is 21.8 Å². The van der Waals surface area contributed by atoms with E-state index in [1.807, 2.05) is 13.8 Å². The highest BCUT2D eigenvalue weighted by atomic mass is 79.9. The highest BCUT2D eigenvalue weighted by Gasteiger charge is 2.21. The minimum Gasteiger partial charge on any atom is -0.497 e. The number of carbonyl (C=O) groups excluding carboxylic acids is 1. The summed E-state index contributed by atoms with van der Waals surface area (Å²) in [7, 11) is 3.12. The maximum Gasteiger partial charge on any atom is 0.251 e. The lowest BCUT2D eigenvalue weighted by atomic mass is 10.0. The number of alkyl halides is 1. The zero-order valence-corrected chi connectivity index (χ0v) is 13.3. The van der Waals surface area contributed by atoms with Crippen LogP contribution in [0.2, 0.25) is 0 Å². The number of hydrogen-bond acceptors (Lipinski definition) is 3. The summed E-state index contributed by atoms with van der Waals surface area (Å²) in [6.45, 7) is 3.98. The number of halogens is 1. The quantitative estimate of drug-likeness (QED) is 0.816. The van der Waals surface area contributed by atoms with E-state index >= 15 is 0 Å². The van der Waals surface area contributed by atoms with Crippen molar-refractivity contribution in [2.75, 3.05) is 19.5 Å². The van der Waals surface area contributed by atoms with Crippen LogP contribution < -0.4 is 14.8 Å². The van der Waals surface area contributed by atoms with Crippen molar-refractivity contribution in [2.45, 2.75) is 25.8 Å². The molecule has 0 aliphatic carbocycles. The van der Waals surface area contributed by atoms with Crippen molar-refractivity contribution in [2.24, 2.45) is 0 Å². The lowest BCUT2D eigenvalue weighted by Gasteiger charge is -2.25. The van der Waals surface area contributed by atoms with Crippen LogP contribution in [0.1, 0.15) is 30.6 Å². The molecule has 106 valence electrons. The molecule has 0 spiro atoms. The van der Waals surface area contributed by atoms with Gasteiger partial charge in [0.25, 0.3) is 5.91 Å². The van der Waals surface area contributed by atoms with Gasteiger partial charge in [0.2, 0.25) is 0 Å². The first kappa shape index (κ1) is 15.8. The molecular weight excluding hydrogens is 310 g/mol. The van der Waals surface area contributed by atoms with Gasteiger partial charge in [-0.25, -0.2) is 0 Å². The second-order valence-corrected chi connectivity index (χ2v) is 5.67. The smallest absolute Gasteiger partial charge is 0.251 e. The minimum atomic E-state index is -0.267. The average Bonchev–Trinajstić information content (AvgIpc) is 2.37. The van der Waals surface area contributed by atoms with Crippen molar-refractivity contribution < 1.29 is 14.3 Å². The van der Waals surface area contributed by atoms with Gasteiger partial charge < -0.3 is 14.8 Å². The van der Waals surface area contributed by atoms with Crippen molar-refractivity contribution in [3.63, 3.8) is 0 Å². The Kier molecular flexibility index (Phi) is 5.66. The second kappa shape index (κ2) is 6.80. The summed E-state index contributed by atoms with van der Waals surface area (Å²) < 4.78 is 10.3. The molecule has 0 atom stereocenters. The summed E-state index contributed by atoms with van der Waals surface area (Å²) in [6.07, 6.45) is 0.847. The third kappa shape index (κ3) is 4.74. The summed E-state index contributed by atoms with van der Waals surface area (Å²) in [6, 6.07) is 5.13. The summed E-state index contributed by atoms with van der Waals surface area (Å²) in [5.74, 6) is 1.06. The zero-order valence-electron chi connectivity index (χ0n) is 11.7. The number of methoxy groups -OCH3 is 2. The van der Waals surface area contributed by atoms with E-state index in [1.165, 1.54) is 0 Å². The van der Waals surface area contributed by atoms with E-state index in [2.05, 4.69) is 21.2 Å². The summed E-state index contributed by atoms with van der Waals surface area (Å²) in [5, 5.41) is 3.83. The Morgan fingerprint density at radius 1 is 1.21 bits per heavy atom. The Morgan fingerprint density at radius 3 is 2.16 bits per heavy atom. The summed E-state index contributed by atoms with van der Waals surface area (Å²) in [4.78, 5) is 12.2. The highest BCUT2D eigenvalue weighted by molar-refractivity contribution is 9.09. The number of carbonyl (C=O) groups is 1. The van der Waals surface area contributed by atoms with Crippen LogP contribution in [0.15, 0.2) is 18.2 Å². The van der Waals surface area contributed by atoms with Crippen molar-refractivity contribution in [1.82, 2.24) is 5.32 Å². The van der Waals surface area contributed by atoms with Crippen LogP contribution in [0.25, 0.3) is 0 Å². The van der Waals surface area contributed by atoms with Gasteiger partial charge in [-0.2, -0.15) is 0 Å². The van der Waals surface area contributed by atoms with Gasteiger partial charge in [-0.3, -0.25) is 4.79 Å². The standard InChI is InChI=1S/C14H20BrNO3/c1-14(2,5-6-15)16-13(17)10-7-11(18-3)9-12(8-10)19-4/h7-9H,5-6H2,1-4H3,(H,16,17). The van der Waals surface area contributed by atoms with Crippen LogP contribution in [0.4, 0.5) is 0 Å². The molecule has 0 radical (unpaired) electrons. The van der Waals surface area contributed by atoms with Gasteiger partial charge in [0.1, 0.15) is 11.5 Å². The van der Waals surface area contributed by atoms with Crippen LogP contribution in [-0.4, -0.2) is 31.0 Å². The van der Waals surface area contributed by atoms with E-state index in [4.69, 9.17) is 9.47 Å². The summed E-state index contributed by atoms with van der Waals surface area (Å²) >= 11 is 3.39. The molecule has 1 aromatic carbocycles. The molecule has 0 heterocycles. The molecule has 4 nitrogen and oxygen atoms in total. The van der Waals surface area contributed by atoms with E-state index in [1.54, 1.807) is 32.4 Å². The van der Waals surface area contributed by atoms with E-state index in [0.29, 0.717) is 17.1 Å². The van der Waals surface area contributed by atoms with Crippen LogP contribution in [-0.2, 0) is 0 Å². The van der Waals surface area contributed by atoms with Gasteiger partial charge in [-0.15, -0.1) is 0 Å². The molecule has 0 aromatic heterocycles. The first-order chi connectivity index (χ1) is 8.91. The number of amides is 1. The minimum absolute atomic E-state index is 0.136. The predicted molar refractivity (Wildman–Crippen MR) is 79.5 cm³/mol. The molecule has 0 unspecified atom stereocenters. The van der Waals surface area contributed by atoms with Gasteiger partial charge in [0.05, 0.1) is 14.2 Å². The fraction of sp³-hybridized carbons (Fsp3) is 0.500. The molecule has 0 saturated carbocycles. The fourth-order valence-electron chi connectivity index (χ4n) is 1.62. The van der Waals surface area contributed by atoms with Crippen molar-refractivity contribution in [1.29, 1.82) is 0 Å². The third-order valence-corrected chi connectivity index (χ3v) is 3.18. The molecule has 0 aliphatic rings. The number of nitrogens with one attached hydrogen (secondary N) is 1. The first-order valence-corrected chi connectivity index (χ1v) is 7.15. The van der Waals surface area contributed by atoms with Crippen LogP contribution in [0.3, 0.4) is 0 Å². The Balaban J connectivity index is 2.93. The van der Waals surface area contributed by atoms with Gasteiger partial charge in [0.15, 0.2) is 0 Å². The summed E-state index contributed by atoms with van der Waals surface area (Å²) in [5.41, 5.74) is 0.260. The van der Waals surface area contributed by atoms with Crippen LogP contribution >= 0.6 is 15.9 Å². The fourth-order valence-corrected chi connectivity index (χ4v) is 2.61. The van der Waals surface area contributed by atoms with Gasteiger partial charge >= 0.3 is 0 Å². The van der Waals surface area contributed by atoms with E-state index in [0.717, 1.165) is 11.8 Å². The van der Waals surface area contributed by atoms with Crippen LogP contribution in [0, 0.1) is 0 Å². The Hall–Kier alpha value is -1.23. The molecule has 0 saturated heterocycles.